The van der Waals surface area contributed by atoms with Crippen LogP contribution >= 0.6 is 0 Å². The van der Waals surface area contributed by atoms with Crippen LogP contribution in [0.1, 0.15) is 98.5 Å². The van der Waals surface area contributed by atoms with Gasteiger partial charge in [0.25, 0.3) is 23.6 Å². The number of rotatable bonds is 7. The second-order valence-electron chi connectivity index (χ2n) is 15.7. The molecule has 0 aromatic heterocycles. The fraction of sp³-hybridized carbons (Fsp3) is 0.184. The minimum absolute atomic E-state index is 0.107. The highest BCUT2D eigenvalue weighted by molar-refractivity contribution is 6.43. The molecule has 0 atom stereocenters. The first-order valence-electron chi connectivity index (χ1n) is 19.3. The molecule has 2 aliphatic heterocycles. The van der Waals surface area contributed by atoms with Crippen molar-refractivity contribution in [3.63, 3.8) is 0 Å². The van der Waals surface area contributed by atoms with Gasteiger partial charge < -0.3 is 5.11 Å². The largest absolute Gasteiger partial charge is 0.396 e. The highest BCUT2D eigenvalue weighted by atomic mass is 16.3. The molecular weight excluding hydrogens is 697 g/mol. The van der Waals surface area contributed by atoms with E-state index in [0.717, 1.165) is 65.3 Å². The van der Waals surface area contributed by atoms with Crippen LogP contribution in [0.25, 0.3) is 65.0 Å². The number of imide groups is 2. The van der Waals surface area contributed by atoms with Crippen LogP contribution in [0.3, 0.4) is 0 Å². The van der Waals surface area contributed by atoms with Gasteiger partial charge in [0, 0.05) is 46.2 Å². The van der Waals surface area contributed by atoms with Crippen LogP contribution < -0.4 is 4.90 Å². The average Bonchev–Trinajstić information content (AvgIpc) is 3.20. The molecule has 0 saturated heterocycles. The zero-order chi connectivity index (χ0) is 38.7. The molecule has 0 radical (unpaired) electrons. The van der Waals surface area contributed by atoms with E-state index in [4.69, 9.17) is 0 Å². The highest BCUT2D eigenvalue weighted by Crippen LogP contribution is 2.48. The van der Waals surface area contributed by atoms with E-state index < -0.39 is 0 Å². The van der Waals surface area contributed by atoms with Crippen molar-refractivity contribution in [1.82, 2.24) is 4.90 Å². The normalized spacial score (nSPS) is 14.4. The quantitative estimate of drug-likeness (QED) is 0.0999. The molecule has 0 saturated carbocycles. The lowest BCUT2D eigenvalue weighted by molar-refractivity contribution is 0.0600. The van der Waals surface area contributed by atoms with Crippen LogP contribution in [-0.2, 0) is 0 Å². The highest BCUT2D eigenvalue weighted by Gasteiger charge is 2.38. The number of aliphatic hydroxyl groups excluding tert-OH is 1. The fourth-order valence-corrected chi connectivity index (χ4v) is 9.51. The predicted octanol–water partition coefficient (Wildman–Crippen LogP) is 10.6. The molecule has 0 aliphatic carbocycles. The van der Waals surface area contributed by atoms with Gasteiger partial charge in [-0.05, 0) is 108 Å². The van der Waals surface area contributed by atoms with E-state index in [-0.39, 0.29) is 48.6 Å². The Morgan fingerprint density at radius 1 is 0.446 bits per heavy atom. The molecule has 8 aromatic carbocycles. The first kappa shape index (κ1) is 34.1. The van der Waals surface area contributed by atoms with Gasteiger partial charge in [0.15, 0.2) is 0 Å². The molecule has 0 fully saturated rings. The lowest BCUT2D eigenvalue weighted by atomic mass is 9.82. The molecule has 7 heteroatoms. The topological polar surface area (TPSA) is 95.0 Å². The lowest BCUT2D eigenvalue weighted by Crippen LogP contribution is -2.41. The summed E-state index contributed by atoms with van der Waals surface area (Å²) >= 11 is 0. The number of aliphatic hydroxyl groups is 1. The Balaban J connectivity index is 1.18. The maximum Gasteiger partial charge on any atom is 0.266 e. The summed E-state index contributed by atoms with van der Waals surface area (Å²) in [5, 5.41) is 18.5. The van der Waals surface area contributed by atoms with Crippen molar-refractivity contribution >= 4 is 83.2 Å². The molecule has 56 heavy (non-hydrogen) atoms. The Kier molecular flexibility index (Phi) is 7.48. The third-order valence-electron chi connectivity index (χ3n) is 12.0. The van der Waals surface area contributed by atoms with Crippen molar-refractivity contribution in [1.29, 1.82) is 0 Å². The van der Waals surface area contributed by atoms with E-state index in [1.165, 1.54) is 9.80 Å². The maximum absolute atomic E-state index is 14.7. The lowest BCUT2D eigenvalue weighted by Gasteiger charge is -2.32. The fourth-order valence-electron chi connectivity index (χ4n) is 9.51. The number of carbonyl (C=O) groups excluding carboxylic acids is 4. The monoisotopic (exact) mass is 734 g/mol. The second kappa shape index (κ2) is 12.3. The van der Waals surface area contributed by atoms with E-state index in [2.05, 4.69) is 52.0 Å². The molecule has 2 heterocycles. The van der Waals surface area contributed by atoms with Gasteiger partial charge in [-0.25, -0.2) is 4.90 Å². The summed E-state index contributed by atoms with van der Waals surface area (Å²) in [5.74, 6) is -1.10. The van der Waals surface area contributed by atoms with Gasteiger partial charge in [0.1, 0.15) is 0 Å². The zero-order valence-corrected chi connectivity index (χ0v) is 31.6. The summed E-state index contributed by atoms with van der Waals surface area (Å²) in [4.78, 5) is 59.2. The summed E-state index contributed by atoms with van der Waals surface area (Å²) in [6.45, 7) is 8.41. The molecule has 2 aliphatic rings. The number of nitrogens with zero attached hydrogens (tertiary/aromatic N) is 2. The molecule has 274 valence electrons. The Morgan fingerprint density at radius 2 is 0.875 bits per heavy atom. The van der Waals surface area contributed by atoms with Crippen LogP contribution in [-0.4, -0.2) is 46.8 Å². The van der Waals surface area contributed by atoms with E-state index in [1.54, 1.807) is 6.07 Å². The van der Waals surface area contributed by atoms with Crippen LogP contribution in [0.4, 0.5) is 5.69 Å². The summed E-state index contributed by atoms with van der Waals surface area (Å²) in [6.07, 6.45) is 0.318. The zero-order valence-electron chi connectivity index (χ0n) is 31.6. The molecule has 1 N–H and O–H groups in total. The number of fused-ring (bicyclic) bond motifs is 2. The summed E-state index contributed by atoms with van der Waals surface area (Å²) < 4.78 is 0. The van der Waals surface area contributed by atoms with Crippen molar-refractivity contribution in [3.8, 4) is 11.1 Å². The van der Waals surface area contributed by atoms with Gasteiger partial charge in [-0.3, -0.25) is 24.1 Å². The van der Waals surface area contributed by atoms with Crippen molar-refractivity contribution in [2.24, 2.45) is 0 Å². The predicted molar refractivity (Wildman–Crippen MR) is 223 cm³/mol. The Hall–Kier alpha value is -6.44. The first-order chi connectivity index (χ1) is 27.1. The second-order valence-corrected chi connectivity index (χ2v) is 15.7. The summed E-state index contributed by atoms with van der Waals surface area (Å²) in [5.41, 5.74) is 6.50. The summed E-state index contributed by atoms with van der Waals surface area (Å²) in [6, 6.07) is 33.7. The number of amides is 4. The van der Waals surface area contributed by atoms with Crippen molar-refractivity contribution in [2.75, 3.05) is 18.1 Å². The minimum atomic E-state index is -0.350. The van der Waals surface area contributed by atoms with Gasteiger partial charge >= 0.3 is 0 Å². The van der Waals surface area contributed by atoms with Gasteiger partial charge in [-0.15, -0.1) is 0 Å². The first-order valence-corrected chi connectivity index (χ1v) is 19.3. The number of carbonyl (C=O) groups is 4. The number of benzene rings is 8. The molecule has 8 aromatic rings. The van der Waals surface area contributed by atoms with Crippen molar-refractivity contribution in [3.05, 3.63) is 137 Å². The molecule has 7 nitrogen and oxygen atoms in total. The third kappa shape index (κ3) is 4.49. The van der Waals surface area contributed by atoms with E-state index in [1.807, 2.05) is 72.8 Å². The standard InChI is InChI=1S/C49H38N2O5/c1-25(2)27-9-5-10-28(26(3)4)45(27)51-48(55)39-21-18-35-33-13-6-11-31-29(15-17-34(41(31)33)36-19-22-40(49(51)56)44(39)43(35)36)30-16-20-38-42-32(30)12-7-14-37(42)46(53)50(47(38)54)23-8-24-52/h5-7,9-22,25-26,52H,8,23-24H2,1-4H3. The average molecular weight is 735 g/mol. The van der Waals surface area contributed by atoms with Gasteiger partial charge in [0.05, 0.1) is 5.69 Å². The van der Waals surface area contributed by atoms with Gasteiger partial charge in [0.2, 0.25) is 0 Å². The van der Waals surface area contributed by atoms with Gasteiger partial charge in [-0.2, -0.15) is 0 Å². The number of hydrogen-bond acceptors (Lipinski definition) is 5. The van der Waals surface area contributed by atoms with E-state index in [0.29, 0.717) is 45.1 Å². The molecule has 0 unspecified atom stereocenters. The summed E-state index contributed by atoms with van der Waals surface area (Å²) in [7, 11) is 0. The van der Waals surface area contributed by atoms with Crippen molar-refractivity contribution in [2.45, 2.75) is 46.0 Å². The SMILES string of the molecule is CC(C)c1cccc(C(C)C)c1N1C(=O)c2ccc3c4cccc5c(-c6ccc7c8c(cccc68)C(=O)N(CCCO)C7=O)ccc(c6ccc(c2c36)C1=O)c54. The third-order valence-corrected chi connectivity index (χ3v) is 12.0. The molecule has 0 bridgehead atoms. The van der Waals surface area contributed by atoms with Gasteiger partial charge in [-0.1, -0.05) is 107 Å². The number of para-hydroxylation sites is 1. The van der Waals surface area contributed by atoms with E-state index >= 15 is 0 Å². The smallest absolute Gasteiger partial charge is 0.266 e. The Bertz CT molecular complexity index is 2950. The maximum atomic E-state index is 14.7. The number of hydrogen-bond donors (Lipinski definition) is 1. The number of anilines is 1. The van der Waals surface area contributed by atoms with E-state index in [9.17, 15) is 24.3 Å². The van der Waals surface area contributed by atoms with Crippen molar-refractivity contribution < 1.29 is 24.3 Å². The molecule has 10 rings (SSSR count). The Labute approximate surface area is 323 Å². The Morgan fingerprint density at radius 3 is 1.46 bits per heavy atom. The van der Waals surface area contributed by atoms with Crippen LogP contribution in [0.5, 0.6) is 0 Å². The minimum Gasteiger partial charge on any atom is -0.396 e. The van der Waals surface area contributed by atoms with Crippen LogP contribution in [0.15, 0.2) is 103 Å². The van der Waals surface area contributed by atoms with Crippen LogP contribution in [0, 0.1) is 0 Å². The molecule has 4 amide bonds. The van der Waals surface area contributed by atoms with Crippen LogP contribution in [0.2, 0.25) is 0 Å². The molecular formula is C49H38N2O5. The molecule has 0 spiro atoms.